The Morgan fingerprint density at radius 1 is 1.15 bits per heavy atom. The number of aromatic nitrogens is 2. The van der Waals surface area contributed by atoms with E-state index >= 15 is 0 Å². The van der Waals surface area contributed by atoms with Gasteiger partial charge in [0.15, 0.2) is 0 Å². The summed E-state index contributed by atoms with van der Waals surface area (Å²) < 4.78 is 10.7. The molecule has 1 N–H and O–H groups in total. The molecule has 4 heteroatoms. The second-order valence-electron chi connectivity index (χ2n) is 3.39. The molecule has 74 valence electrons. The number of imidazole rings is 1. The van der Waals surface area contributed by atoms with Crippen LogP contribution in [0.1, 0.15) is 27.7 Å². The maximum Gasteiger partial charge on any atom is 0.296 e. The second kappa shape index (κ2) is 4.16. The number of hydrogen-bond acceptors (Lipinski definition) is 3. The molecule has 0 aliphatic carbocycles. The van der Waals surface area contributed by atoms with Crippen molar-refractivity contribution in [1.82, 2.24) is 9.97 Å². The minimum atomic E-state index is 0.123. The Morgan fingerprint density at radius 2 is 1.77 bits per heavy atom. The topological polar surface area (TPSA) is 47.1 Å². The predicted molar refractivity (Wildman–Crippen MR) is 50.1 cm³/mol. The first-order valence-corrected chi connectivity index (χ1v) is 4.46. The quantitative estimate of drug-likeness (QED) is 0.778. The smallest absolute Gasteiger partial charge is 0.296 e. The molecule has 0 unspecified atom stereocenters. The van der Waals surface area contributed by atoms with E-state index < -0.39 is 0 Å². The minimum absolute atomic E-state index is 0.123. The van der Waals surface area contributed by atoms with E-state index in [0.717, 1.165) is 0 Å². The van der Waals surface area contributed by atoms with Crippen LogP contribution in [-0.2, 0) is 0 Å². The van der Waals surface area contributed by atoms with Gasteiger partial charge in [0.1, 0.15) is 0 Å². The fourth-order valence-electron chi connectivity index (χ4n) is 0.884. The Hall–Kier alpha value is -1.19. The Morgan fingerprint density at radius 3 is 2.31 bits per heavy atom. The summed E-state index contributed by atoms with van der Waals surface area (Å²) in [6.45, 7) is 7.82. The molecule has 0 bridgehead atoms. The molecule has 0 aromatic carbocycles. The minimum Gasteiger partial charge on any atom is -0.475 e. The van der Waals surface area contributed by atoms with Gasteiger partial charge < -0.3 is 9.47 Å². The van der Waals surface area contributed by atoms with Gasteiger partial charge in [-0.25, -0.2) is 0 Å². The highest BCUT2D eigenvalue weighted by Crippen LogP contribution is 2.14. The lowest BCUT2D eigenvalue weighted by molar-refractivity contribution is 0.213. The van der Waals surface area contributed by atoms with Gasteiger partial charge >= 0.3 is 0 Å². The van der Waals surface area contributed by atoms with Crippen LogP contribution in [0.4, 0.5) is 0 Å². The molecule has 0 aliphatic heterocycles. The van der Waals surface area contributed by atoms with Crippen LogP contribution in [0.25, 0.3) is 0 Å². The zero-order chi connectivity index (χ0) is 9.84. The van der Waals surface area contributed by atoms with Gasteiger partial charge in [-0.3, -0.25) is 4.98 Å². The van der Waals surface area contributed by atoms with Gasteiger partial charge in [0, 0.05) is 0 Å². The maximum atomic E-state index is 5.38. The highest BCUT2D eigenvalue weighted by atomic mass is 16.5. The summed E-state index contributed by atoms with van der Waals surface area (Å²) in [6, 6.07) is 0.505. The lowest BCUT2D eigenvalue weighted by Gasteiger charge is -2.06. The first kappa shape index (κ1) is 9.89. The van der Waals surface area contributed by atoms with Crippen molar-refractivity contribution in [3.8, 4) is 11.9 Å². The zero-order valence-electron chi connectivity index (χ0n) is 8.50. The highest BCUT2D eigenvalue weighted by Gasteiger charge is 2.04. The number of hydrogen-bond donors (Lipinski definition) is 1. The summed E-state index contributed by atoms with van der Waals surface area (Å²) in [4.78, 5) is 6.93. The molecule has 1 heterocycles. The van der Waals surface area contributed by atoms with Crippen molar-refractivity contribution < 1.29 is 9.47 Å². The monoisotopic (exact) mass is 184 g/mol. The van der Waals surface area contributed by atoms with Crippen LogP contribution in [0.5, 0.6) is 11.9 Å². The van der Waals surface area contributed by atoms with Crippen molar-refractivity contribution in [3.05, 3.63) is 6.20 Å². The second-order valence-corrected chi connectivity index (χ2v) is 3.39. The molecule has 13 heavy (non-hydrogen) atoms. The molecule has 0 atom stereocenters. The average molecular weight is 184 g/mol. The molecule has 1 rings (SSSR count). The van der Waals surface area contributed by atoms with Crippen molar-refractivity contribution >= 4 is 0 Å². The summed E-state index contributed by atoms with van der Waals surface area (Å²) in [5.74, 6) is 0.644. The third kappa shape index (κ3) is 3.36. The standard InChI is InChI=1S/C9H16N2O2/c1-6(2)12-8-5-10-9(11-8)13-7(3)4/h5-7H,1-4H3,(H,10,11). The van der Waals surface area contributed by atoms with E-state index in [9.17, 15) is 0 Å². The number of aromatic amines is 1. The van der Waals surface area contributed by atoms with Crippen LogP contribution in [0.2, 0.25) is 0 Å². The molecule has 4 nitrogen and oxygen atoms in total. The van der Waals surface area contributed by atoms with Crippen LogP contribution in [0.15, 0.2) is 6.20 Å². The molecule has 0 saturated carbocycles. The lowest BCUT2D eigenvalue weighted by Crippen LogP contribution is -2.07. The highest BCUT2D eigenvalue weighted by molar-refractivity contribution is 5.11. The first-order valence-electron chi connectivity index (χ1n) is 4.46. The molecule has 0 fully saturated rings. The van der Waals surface area contributed by atoms with Crippen molar-refractivity contribution in [2.75, 3.05) is 0 Å². The van der Waals surface area contributed by atoms with Crippen molar-refractivity contribution in [3.63, 3.8) is 0 Å². The van der Waals surface area contributed by atoms with Crippen LogP contribution >= 0.6 is 0 Å². The first-order chi connectivity index (χ1) is 6.08. The molecule has 0 saturated heterocycles. The number of H-pyrrole nitrogens is 1. The van der Waals surface area contributed by atoms with E-state index in [1.54, 1.807) is 6.20 Å². The molecule has 0 spiro atoms. The number of nitrogens with zero attached hydrogens (tertiary/aromatic N) is 1. The van der Waals surface area contributed by atoms with E-state index in [0.29, 0.717) is 11.9 Å². The van der Waals surface area contributed by atoms with Crippen LogP contribution in [0.3, 0.4) is 0 Å². The van der Waals surface area contributed by atoms with Gasteiger partial charge in [-0.05, 0) is 27.7 Å². The predicted octanol–water partition coefficient (Wildman–Crippen LogP) is 1.98. The lowest BCUT2D eigenvalue weighted by atomic mass is 10.5. The van der Waals surface area contributed by atoms with E-state index in [2.05, 4.69) is 9.97 Å². The number of nitrogens with one attached hydrogen (secondary N) is 1. The normalized spacial score (nSPS) is 10.9. The van der Waals surface area contributed by atoms with Crippen LogP contribution in [-0.4, -0.2) is 22.2 Å². The van der Waals surface area contributed by atoms with E-state index in [-0.39, 0.29) is 12.2 Å². The van der Waals surface area contributed by atoms with E-state index in [1.807, 2.05) is 27.7 Å². The summed E-state index contributed by atoms with van der Waals surface area (Å²) in [5.41, 5.74) is 0. The van der Waals surface area contributed by atoms with E-state index in [1.165, 1.54) is 0 Å². The third-order valence-corrected chi connectivity index (χ3v) is 1.24. The van der Waals surface area contributed by atoms with Crippen LogP contribution < -0.4 is 9.47 Å². The van der Waals surface area contributed by atoms with Crippen molar-refractivity contribution in [2.45, 2.75) is 39.9 Å². The average Bonchev–Trinajstić information content (AvgIpc) is 2.33. The summed E-state index contributed by atoms with van der Waals surface area (Å²) in [6.07, 6.45) is 1.89. The van der Waals surface area contributed by atoms with Gasteiger partial charge in [0.05, 0.1) is 18.4 Å². The Kier molecular flexibility index (Phi) is 3.17. The molecule has 0 amide bonds. The molecule has 0 aliphatic rings. The third-order valence-electron chi connectivity index (χ3n) is 1.24. The van der Waals surface area contributed by atoms with Gasteiger partial charge in [-0.1, -0.05) is 0 Å². The zero-order valence-corrected chi connectivity index (χ0v) is 8.50. The Balaban J connectivity index is 2.53. The molecular weight excluding hydrogens is 168 g/mol. The molecule has 0 radical (unpaired) electrons. The Labute approximate surface area is 78.3 Å². The van der Waals surface area contributed by atoms with Crippen molar-refractivity contribution in [2.24, 2.45) is 0 Å². The fraction of sp³-hybridized carbons (Fsp3) is 0.667. The Bertz CT molecular complexity index is 231. The van der Waals surface area contributed by atoms with Gasteiger partial charge in [0.2, 0.25) is 5.88 Å². The summed E-state index contributed by atoms with van der Waals surface area (Å²) >= 11 is 0. The largest absolute Gasteiger partial charge is 0.475 e. The van der Waals surface area contributed by atoms with Gasteiger partial charge in [-0.2, -0.15) is 4.98 Å². The molecule has 1 aromatic heterocycles. The van der Waals surface area contributed by atoms with E-state index in [4.69, 9.17) is 9.47 Å². The fourth-order valence-corrected chi connectivity index (χ4v) is 0.884. The molecular formula is C9H16N2O2. The maximum absolute atomic E-state index is 5.38. The van der Waals surface area contributed by atoms with Gasteiger partial charge in [-0.15, -0.1) is 0 Å². The summed E-state index contributed by atoms with van der Waals surface area (Å²) in [5, 5.41) is 0. The van der Waals surface area contributed by atoms with Crippen molar-refractivity contribution in [1.29, 1.82) is 0 Å². The van der Waals surface area contributed by atoms with Crippen LogP contribution in [0, 0.1) is 0 Å². The van der Waals surface area contributed by atoms with Gasteiger partial charge in [0.25, 0.3) is 6.01 Å². The molecule has 1 aromatic rings. The summed E-state index contributed by atoms with van der Waals surface area (Å²) in [7, 11) is 0. The number of ether oxygens (including phenoxy) is 2. The number of rotatable bonds is 4. The SMILES string of the molecule is CC(C)Oc1cnc(OC(C)C)[nH]1.